The van der Waals surface area contributed by atoms with Crippen LogP contribution in [0.15, 0.2) is 65.4 Å². The SMILES string of the molecule is COC(CCc1cn(CCCCc2ccc(OCc3coc(C=Cc4ccc(C(F)(F)F)cc4)n3)cc2)nn1)COC(N)=O. The first-order valence-electron chi connectivity index (χ1n) is 14.0. The number of primary amides is 1. The van der Waals surface area contributed by atoms with Gasteiger partial charge < -0.3 is 24.4 Å². The van der Waals surface area contributed by atoms with Crippen LogP contribution in [0.1, 0.15) is 53.2 Å². The van der Waals surface area contributed by atoms with Crippen molar-refractivity contribution < 1.29 is 36.6 Å². The lowest BCUT2D eigenvalue weighted by Crippen LogP contribution is -2.24. The maximum atomic E-state index is 12.7. The van der Waals surface area contributed by atoms with Gasteiger partial charge in [0, 0.05) is 25.9 Å². The first-order chi connectivity index (χ1) is 21.2. The number of alkyl halides is 3. The number of benzene rings is 2. The first-order valence-corrected chi connectivity index (χ1v) is 14.0. The Bertz CT molecular complexity index is 1480. The zero-order valence-electron chi connectivity index (χ0n) is 24.2. The molecule has 2 aromatic heterocycles. The van der Waals surface area contributed by atoms with Gasteiger partial charge in [-0.05, 0) is 73.6 Å². The van der Waals surface area contributed by atoms with Crippen molar-refractivity contribution in [2.75, 3.05) is 13.7 Å². The van der Waals surface area contributed by atoms with E-state index < -0.39 is 17.8 Å². The zero-order chi connectivity index (χ0) is 31.4. The van der Waals surface area contributed by atoms with Crippen LogP contribution in [0, 0.1) is 0 Å². The van der Waals surface area contributed by atoms with Gasteiger partial charge in [0.2, 0.25) is 5.89 Å². The number of nitrogens with zero attached hydrogens (tertiary/aromatic N) is 4. The Kier molecular flexibility index (Phi) is 11.5. The van der Waals surface area contributed by atoms with E-state index in [-0.39, 0.29) is 19.3 Å². The van der Waals surface area contributed by atoms with Gasteiger partial charge in [-0.1, -0.05) is 29.5 Å². The van der Waals surface area contributed by atoms with E-state index in [0.29, 0.717) is 35.7 Å². The van der Waals surface area contributed by atoms with Crippen LogP contribution in [0.3, 0.4) is 0 Å². The molecular weight excluding hydrogens is 579 g/mol. The third kappa shape index (κ3) is 10.6. The molecule has 0 aliphatic heterocycles. The molecule has 234 valence electrons. The van der Waals surface area contributed by atoms with Crippen LogP contribution in [-0.4, -0.2) is 45.9 Å². The Morgan fingerprint density at radius 3 is 2.52 bits per heavy atom. The van der Waals surface area contributed by atoms with Gasteiger partial charge in [-0.15, -0.1) is 5.10 Å². The summed E-state index contributed by atoms with van der Waals surface area (Å²) >= 11 is 0. The molecule has 13 heteroatoms. The van der Waals surface area contributed by atoms with E-state index in [1.54, 1.807) is 19.3 Å². The number of aromatic nitrogens is 4. The Morgan fingerprint density at radius 2 is 1.82 bits per heavy atom. The van der Waals surface area contributed by atoms with Crippen LogP contribution in [0.2, 0.25) is 0 Å². The third-order valence-corrected chi connectivity index (χ3v) is 6.69. The van der Waals surface area contributed by atoms with Crippen LogP contribution in [-0.2, 0) is 41.6 Å². The van der Waals surface area contributed by atoms with Crippen LogP contribution >= 0.6 is 0 Å². The van der Waals surface area contributed by atoms with E-state index in [2.05, 4.69) is 15.3 Å². The summed E-state index contributed by atoms with van der Waals surface area (Å²) in [5.41, 5.74) is 7.53. The molecule has 1 amide bonds. The molecule has 0 saturated carbocycles. The molecule has 0 fully saturated rings. The Hall–Kier alpha value is -4.65. The summed E-state index contributed by atoms with van der Waals surface area (Å²) in [5.74, 6) is 1.03. The number of carbonyl (C=O) groups excluding carboxylic acids is 1. The summed E-state index contributed by atoms with van der Waals surface area (Å²) in [6.45, 7) is 1.07. The lowest BCUT2D eigenvalue weighted by Gasteiger charge is -2.13. The number of nitrogens with two attached hydrogens (primary N) is 1. The van der Waals surface area contributed by atoms with Crippen molar-refractivity contribution in [2.24, 2.45) is 5.73 Å². The average Bonchev–Trinajstić information content (AvgIpc) is 3.67. The molecule has 1 atom stereocenters. The van der Waals surface area contributed by atoms with E-state index >= 15 is 0 Å². The first kappa shape index (κ1) is 32.3. The summed E-state index contributed by atoms with van der Waals surface area (Å²) in [6.07, 6.45) is 5.29. The van der Waals surface area contributed by atoms with Crippen molar-refractivity contribution in [1.29, 1.82) is 0 Å². The summed E-state index contributed by atoms with van der Waals surface area (Å²) < 4.78 is 61.3. The smallest absolute Gasteiger partial charge is 0.416 e. The molecule has 10 nitrogen and oxygen atoms in total. The van der Waals surface area contributed by atoms with Gasteiger partial charge in [0.1, 0.15) is 30.9 Å². The lowest BCUT2D eigenvalue weighted by atomic mass is 10.1. The van der Waals surface area contributed by atoms with Crippen molar-refractivity contribution >= 4 is 18.2 Å². The monoisotopic (exact) mass is 613 g/mol. The normalized spacial score (nSPS) is 12.5. The molecule has 0 radical (unpaired) electrons. The Morgan fingerprint density at radius 1 is 1.05 bits per heavy atom. The predicted octanol–water partition coefficient (Wildman–Crippen LogP) is 6.10. The predicted molar refractivity (Wildman–Crippen MR) is 155 cm³/mol. The Labute approximate surface area is 252 Å². The van der Waals surface area contributed by atoms with Gasteiger partial charge in [-0.3, -0.25) is 4.68 Å². The highest BCUT2D eigenvalue weighted by Gasteiger charge is 2.29. The number of unbranched alkanes of at least 4 members (excludes halogenated alkanes) is 1. The molecule has 2 heterocycles. The van der Waals surface area contributed by atoms with Crippen molar-refractivity contribution in [3.63, 3.8) is 0 Å². The quantitative estimate of drug-likeness (QED) is 0.150. The fourth-order valence-electron chi connectivity index (χ4n) is 4.24. The van der Waals surface area contributed by atoms with Gasteiger partial charge in [-0.25, -0.2) is 9.78 Å². The summed E-state index contributed by atoms with van der Waals surface area (Å²) in [4.78, 5) is 15.1. The summed E-state index contributed by atoms with van der Waals surface area (Å²) in [5, 5.41) is 8.39. The maximum Gasteiger partial charge on any atom is 0.416 e. The molecule has 44 heavy (non-hydrogen) atoms. The van der Waals surface area contributed by atoms with E-state index in [1.165, 1.54) is 24.0 Å². The number of methoxy groups -OCH3 is 1. The maximum absolute atomic E-state index is 12.7. The number of hydrogen-bond acceptors (Lipinski definition) is 8. The fourth-order valence-corrected chi connectivity index (χ4v) is 4.24. The second kappa shape index (κ2) is 15.7. The van der Waals surface area contributed by atoms with Crippen LogP contribution in [0.4, 0.5) is 18.0 Å². The highest BCUT2D eigenvalue weighted by atomic mass is 19.4. The van der Waals surface area contributed by atoms with E-state index in [9.17, 15) is 18.0 Å². The second-order valence-corrected chi connectivity index (χ2v) is 10.0. The molecule has 2 N–H and O–H groups in total. The van der Waals surface area contributed by atoms with Crippen molar-refractivity contribution in [3.05, 3.63) is 95.0 Å². The summed E-state index contributed by atoms with van der Waals surface area (Å²) in [7, 11) is 1.56. The lowest BCUT2D eigenvalue weighted by molar-refractivity contribution is -0.137. The standard InChI is InChI=1S/C31H34F3N5O5/c1-41-28(21-44-30(35)40)15-12-25-18-39(38-37-25)17-3-2-4-22-7-13-27(14-8-22)42-19-26-20-43-29(36-26)16-9-23-5-10-24(11-6-23)31(32,33)34/h5-11,13-14,16,18,20,28H,2-4,12,15,17,19,21H2,1H3,(H2,35,40). The van der Waals surface area contributed by atoms with Gasteiger partial charge >= 0.3 is 12.3 Å². The number of aryl methyl sites for hydroxylation is 3. The molecule has 4 aromatic rings. The van der Waals surface area contributed by atoms with E-state index in [4.69, 9.17) is 24.4 Å². The van der Waals surface area contributed by atoms with Crippen LogP contribution in [0.5, 0.6) is 5.75 Å². The topological polar surface area (TPSA) is 128 Å². The third-order valence-electron chi connectivity index (χ3n) is 6.69. The largest absolute Gasteiger partial charge is 0.487 e. The molecule has 0 bridgehead atoms. The van der Waals surface area contributed by atoms with Crippen molar-refractivity contribution in [2.45, 2.75) is 57.5 Å². The number of hydrogen-bond donors (Lipinski definition) is 1. The number of rotatable bonds is 16. The van der Waals surface area contributed by atoms with Crippen LogP contribution < -0.4 is 10.5 Å². The fraction of sp³-hybridized carbons (Fsp3) is 0.355. The highest BCUT2D eigenvalue weighted by molar-refractivity contribution is 5.66. The van der Waals surface area contributed by atoms with Crippen molar-refractivity contribution in [1.82, 2.24) is 20.0 Å². The van der Waals surface area contributed by atoms with E-state index in [0.717, 1.165) is 43.6 Å². The molecule has 0 saturated heterocycles. The van der Waals surface area contributed by atoms with Gasteiger partial charge in [-0.2, -0.15) is 13.2 Å². The number of carbonyl (C=O) groups is 1. The number of ether oxygens (including phenoxy) is 3. The minimum absolute atomic E-state index is 0.104. The number of amides is 1. The molecule has 0 aliphatic carbocycles. The Balaban J connectivity index is 1.13. The van der Waals surface area contributed by atoms with E-state index in [1.807, 2.05) is 35.1 Å². The van der Waals surface area contributed by atoms with Gasteiger partial charge in [0.15, 0.2) is 0 Å². The minimum Gasteiger partial charge on any atom is -0.487 e. The molecule has 4 rings (SSSR count). The number of halogens is 3. The molecule has 2 aromatic carbocycles. The van der Waals surface area contributed by atoms with Crippen LogP contribution in [0.25, 0.3) is 12.2 Å². The highest BCUT2D eigenvalue weighted by Crippen LogP contribution is 2.29. The van der Waals surface area contributed by atoms with Gasteiger partial charge in [0.05, 0.1) is 17.4 Å². The minimum atomic E-state index is -4.37. The molecular formula is C31H34F3N5O5. The molecule has 0 aliphatic rings. The van der Waals surface area contributed by atoms with Crippen molar-refractivity contribution in [3.8, 4) is 5.75 Å². The molecule has 0 spiro atoms. The average molecular weight is 614 g/mol. The molecule has 1 unspecified atom stereocenters. The zero-order valence-corrected chi connectivity index (χ0v) is 24.2. The van der Waals surface area contributed by atoms with Gasteiger partial charge in [0.25, 0.3) is 0 Å². The number of oxazole rings is 1. The second-order valence-electron chi connectivity index (χ2n) is 10.0. The summed E-state index contributed by atoms with van der Waals surface area (Å²) in [6, 6.07) is 12.7.